The number of carboxylic acid groups (broad SMARTS) is 1. The standard InChI is InChI=1S/C10H10N2O4/c1-4-5(2)16-9(11-4)8-6(10(14)15)3-7(13)12-8/h3H2,1-2H3,(H,12,13)(H,14,15). The van der Waals surface area contributed by atoms with Crippen LogP contribution in [0.25, 0.3) is 5.70 Å². The SMILES string of the molecule is Cc1nc(C2=C(C(=O)O)CC(=O)N2)oc1C. The molecule has 0 bridgehead atoms. The van der Waals surface area contributed by atoms with Gasteiger partial charge in [-0.15, -0.1) is 0 Å². The van der Waals surface area contributed by atoms with E-state index in [2.05, 4.69) is 10.3 Å². The summed E-state index contributed by atoms with van der Waals surface area (Å²) in [4.78, 5) is 26.1. The van der Waals surface area contributed by atoms with E-state index in [1.807, 2.05) is 0 Å². The molecule has 16 heavy (non-hydrogen) atoms. The van der Waals surface area contributed by atoms with Crippen molar-refractivity contribution in [3.05, 3.63) is 22.9 Å². The van der Waals surface area contributed by atoms with Gasteiger partial charge in [0.2, 0.25) is 11.8 Å². The van der Waals surface area contributed by atoms with E-state index < -0.39 is 5.97 Å². The molecule has 1 aromatic rings. The molecule has 1 aliphatic heterocycles. The summed E-state index contributed by atoms with van der Waals surface area (Å²) in [5.41, 5.74) is 0.827. The second-order valence-electron chi connectivity index (χ2n) is 3.54. The van der Waals surface area contributed by atoms with Crippen molar-refractivity contribution < 1.29 is 19.1 Å². The van der Waals surface area contributed by atoms with Gasteiger partial charge in [0.15, 0.2) is 0 Å². The number of hydrogen-bond donors (Lipinski definition) is 2. The molecule has 2 heterocycles. The average molecular weight is 222 g/mol. The zero-order valence-electron chi connectivity index (χ0n) is 8.83. The largest absolute Gasteiger partial charge is 0.478 e. The van der Waals surface area contributed by atoms with E-state index in [0.29, 0.717) is 11.5 Å². The summed E-state index contributed by atoms with van der Waals surface area (Å²) in [5, 5.41) is 11.4. The van der Waals surface area contributed by atoms with Crippen molar-refractivity contribution in [2.75, 3.05) is 0 Å². The number of nitrogens with zero attached hydrogens (tertiary/aromatic N) is 1. The molecule has 0 saturated carbocycles. The van der Waals surface area contributed by atoms with Crippen molar-refractivity contribution in [1.82, 2.24) is 10.3 Å². The summed E-state index contributed by atoms with van der Waals surface area (Å²) in [6.07, 6.45) is -0.148. The van der Waals surface area contributed by atoms with Crippen LogP contribution in [0.1, 0.15) is 23.8 Å². The highest BCUT2D eigenvalue weighted by molar-refractivity contribution is 6.07. The zero-order chi connectivity index (χ0) is 11.9. The van der Waals surface area contributed by atoms with Crippen LogP contribution in [0.4, 0.5) is 0 Å². The van der Waals surface area contributed by atoms with Crippen molar-refractivity contribution >= 4 is 17.6 Å². The van der Waals surface area contributed by atoms with E-state index >= 15 is 0 Å². The van der Waals surface area contributed by atoms with Crippen LogP contribution in [0.15, 0.2) is 9.99 Å². The second kappa shape index (κ2) is 3.48. The Labute approximate surface area is 91.0 Å². The number of rotatable bonds is 2. The minimum absolute atomic E-state index is 0.00810. The first-order valence-electron chi connectivity index (χ1n) is 4.69. The van der Waals surface area contributed by atoms with Gasteiger partial charge < -0.3 is 14.8 Å². The lowest BCUT2D eigenvalue weighted by Gasteiger charge is -1.97. The van der Waals surface area contributed by atoms with Gasteiger partial charge in [-0.25, -0.2) is 9.78 Å². The maximum absolute atomic E-state index is 11.1. The highest BCUT2D eigenvalue weighted by Gasteiger charge is 2.30. The fourth-order valence-corrected chi connectivity index (χ4v) is 1.45. The normalized spacial score (nSPS) is 15.5. The van der Waals surface area contributed by atoms with Gasteiger partial charge in [0, 0.05) is 0 Å². The first-order chi connectivity index (χ1) is 7.49. The van der Waals surface area contributed by atoms with Crippen molar-refractivity contribution in [3.8, 4) is 0 Å². The molecule has 0 aromatic carbocycles. The zero-order valence-corrected chi connectivity index (χ0v) is 8.83. The summed E-state index contributed by atoms with van der Waals surface area (Å²) in [7, 11) is 0. The Kier molecular flexibility index (Phi) is 2.26. The molecule has 6 heteroatoms. The topological polar surface area (TPSA) is 92.4 Å². The van der Waals surface area contributed by atoms with E-state index in [9.17, 15) is 9.59 Å². The quantitative estimate of drug-likeness (QED) is 0.764. The van der Waals surface area contributed by atoms with E-state index in [1.54, 1.807) is 13.8 Å². The van der Waals surface area contributed by atoms with Crippen LogP contribution in [0.2, 0.25) is 0 Å². The van der Waals surface area contributed by atoms with E-state index in [1.165, 1.54) is 0 Å². The lowest BCUT2D eigenvalue weighted by molar-refractivity contribution is -0.133. The van der Waals surface area contributed by atoms with Crippen molar-refractivity contribution in [3.63, 3.8) is 0 Å². The molecule has 0 radical (unpaired) electrons. The molecule has 0 fully saturated rings. The number of aryl methyl sites for hydroxylation is 2. The van der Waals surface area contributed by atoms with Gasteiger partial charge >= 0.3 is 5.97 Å². The molecule has 1 aromatic heterocycles. The number of carbonyl (C=O) groups excluding carboxylic acids is 1. The smallest absolute Gasteiger partial charge is 0.334 e. The number of carboxylic acids is 1. The lowest BCUT2D eigenvalue weighted by Crippen LogP contribution is -2.14. The molecule has 0 unspecified atom stereocenters. The molecule has 84 valence electrons. The van der Waals surface area contributed by atoms with E-state index in [0.717, 1.165) is 0 Å². The average Bonchev–Trinajstić information content (AvgIpc) is 2.71. The summed E-state index contributed by atoms with van der Waals surface area (Å²) in [5.74, 6) is -0.741. The number of amides is 1. The summed E-state index contributed by atoms with van der Waals surface area (Å²) >= 11 is 0. The van der Waals surface area contributed by atoms with Crippen LogP contribution in [0, 0.1) is 13.8 Å². The third-order valence-corrected chi connectivity index (χ3v) is 2.40. The van der Waals surface area contributed by atoms with Crippen molar-refractivity contribution in [2.45, 2.75) is 20.3 Å². The first kappa shape index (κ1) is 10.4. The van der Waals surface area contributed by atoms with E-state index in [-0.39, 0.29) is 29.5 Å². The molecule has 1 amide bonds. The van der Waals surface area contributed by atoms with Gasteiger partial charge in [0.05, 0.1) is 17.7 Å². The minimum atomic E-state index is -1.14. The molecule has 0 atom stereocenters. The predicted molar refractivity (Wildman–Crippen MR) is 53.3 cm³/mol. The van der Waals surface area contributed by atoms with Crippen LogP contribution in [-0.2, 0) is 9.59 Å². The Morgan fingerprint density at radius 2 is 2.19 bits per heavy atom. The van der Waals surface area contributed by atoms with Crippen molar-refractivity contribution in [2.24, 2.45) is 0 Å². The molecule has 2 N–H and O–H groups in total. The van der Waals surface area contributed by atoms with Gasteiger partial charge in [-0.2, -0.15) is 0 Å². The van der Waals surface area contributed by atoms with Gasteiger partial charge in [-0.1, -0.05) is 0 Å². The third-order valence-electron chi connectivity index (χ3n) is 2.40. The predicted octanol–water partition coefficient (Wildman–Crippen LogP) is 0.607. The van der Waals surface area contributed by atoms with Crippen LogP contribution >= 0.6 is 0 Å². The Balaban J connectivity index is 2.49. The molecule has 0 aliphatic carbocycles. The number of carbonyl (C=O) groups is 2. The van der Waals surface area contributed by atoms with Crippen LogP contribution in [0.5, 0.6) is 0 Å². The number of aliphatic carboxylic acids is 1. The van der Waals surface area contributed by atoms with Crippen LogP contribution in [0.3, 0.4) is 0 Å². The minimum Gasteiger partial charge on any atom is -0.478 e. The molecule has 1 aliphatic rings. The summed E-state index contributed by atoms with van der Waals surface area (Å²) in [6, 6.07) is 0. The number of hydrogen-bond acceptors (Lipinski definition) is 4. The highest BCUT2D eigenvalue weighted by atomic mass is 16.4. The number of oxazole rings is 1. The monoisotopic (exact) mass is 222 g/mol. The summed E-state index contributed by atoms with van der Waals surface area (Å²) < 4.78 is 5.28. The molecule has 0 saturated heterocycles. The van der Waals surface area contributed by atoms with Gasteiger partial charge in [0.1, 0.15) is 11.5 Å². The molecular weight excluding hydrogens is 212 g/mol. The molecule has 0 spiro atoms. The maximum Gasteiger partial charge on any atom is 0.334 e. The van der Waals surface area contributed by atoms with Crippen LogP contribution in [-0.4, -0.2) is 22.0 Å². The maximum atomic E-state index is 11.1. The molecule has 6 nitrogen and oxygen atoms in total. The van der Waals surface area contributed by atoms with Gasteiger partial charge in [-0.05, 0) is 13.8 Å². The third kappa shape index (κ3) is 1.58. The molecular formula is C10H10N2O4. The second-order valence-corrected chi connectivity index (χ2v) is 3.54. The Hall–Kier alpha value is -2.11. The first-order valence-corrected chi connectivity index (χ1v) is 4.69. The van der Waals surface area contributed by atoms with E-state index in [4.69, 9.17) is 9.52 Å². The molecule has 2 rings (SSSR count). The van der Waals surface area contributed by atoms with Gasteiger partial charge in [0.25, 0.3) is 0 Å². The highest BCUT2D eigenvalue weighted by Crippen LogP contribution is 2.24. The fourth-order valence-electron chi connectivity index (χ4n) is 1.45. The van der Waals surface area contributed by atoms with Crippen LogP contribution < -0.4 is 5.32 Å². The summed E-state index contributed by atoms with van der Waals surface area (Å²) in [6.45, 7) is 3.48. The fraction of sp³-hybridized carbons (Fsp3) is 0.300. The number of aromatic nitrogens is 1. The Bertz CT molecular complexity index is 493. The van der Waals surface area contributed by atoms with Crippen molar-refractivity contribution in [1.29, 1.82) is 0 Å². The van der Waals surface area contributed by atoms with Gasteiger partial charge in [-0.3, -0.25) is 4.79 Å². The Morgan fingerprint density at radius 1 is 1.50 bits per heavy atom. The number of nitrogens with one attached hydrogen (secondary N) is 1. The Morgan fingerprint density at radius 3 is 2.69 bits per heavy atom. The lowest BCUT2D eigenvalue weighted by atomic mass is 10.2.